The van der Waals surface area contributed by atoms with Crippen LogP contribution in [0.4, 0.5) is 4.79 Å². The molecule has 4 rings (SSSR count). The molecule has 0 bridgehead atoms. The third-order valence-corrected chi connectivity index (χ3v) is 9.47. The molecular formula is C24H34N2O6S. The van der Waals surface area contributed by atoms with Crippen molar-refractivity contribution in [3.8, 4) is 0 Å². The number of sulfone groups is 1. The Bertz CT molecular complexity index is 953. The number of urea groups is 1. The second-order valence-electron chi connectivity index (χ2n) is 9.37. The Labute approximate surface area is 196 Å². The molecular weight excluding hydrogens is 444 g/mol. The maximum atomic E-state index is 13.7. The van der Waals surface area contributed by atoms with Crippen LogP contribution < -0.4 is 0 Å². The monoisotopic (exact) mass is 478 g/mol. The molecule has 2 atom stereocenters. The summed E-state index contributed by atoms with van der Waals surface area (Å²) in [5.74, 6) is 0.0330. The molecule has 2 aliphatic heterocycles. The highest BCUT2D eigenvalue weighted by molar-refractivity contribution is 7.92. The number of piperidine rings is 1. The van der Waals surface area contributed by atoms with Gasteiger partial charge in [-0.15, -0.1) is 0 Å². The lowest BCUT2D eigenvalue weighted by Gasteiger charge is -2.43. The Morgan fingerprint density at radius 1 is 1.00 bits per heavy atom. The zero-order valence-electron chi connectivity index (χ0n) is 19.3. The Morgan fingerprint density at radius 2 is 1.73 bits per heavy atom. The number of carbonyl (C=O) groups excluding carboxylic acids is 2. The van der Waals surface area contributed by atoms with Crippen LogP contribution in [0.1, 0.15) is 48.9 Å². The first kappa shape index (κ1) is 24.0. The van der Waals surface area contributed by atoms with Gasteiger partial charge in [-0.25, -0.2) is 18.0 Å². The lowest BCUT2D eigenvalue weighted by molar-refractivity contribution is 0.0361. The van der Waals surface area contributed by atoms with E-state index in [9.17, 15) is 18.0 Å². The third-order valence-electron chi connectivity index (χ3n) is 7.34. The topological polar surface area (TPSA) is 93.2 Å². The van der Waals surface area contributed by atoms with E-state index in [1.165, 1.54) is 25.7 Å². The Balaban J connectivity index is 1.60. The molecule has 3 aliphatic rings. The molecule has 1 aromatic carbocycles. The Hall–Kier alpha value is -2.13. The van der Waals surface area contributed by atoms with E-state index in [2.05, 4.69) is 0 Å². The van der Waals surface area contributed by atoms with Crippen LogP contribution in [0.15, 0.2) is 29.2 Å². The number of amides is 2. The molecule has 0 radical (unpaired) electrons. The molecule has 2 saturated heterocycles. The number of rotatable bonds is 4. The van der Waals surface area contributed by atoms with Crippen LogP contribution in [0.25, 0.3) is 0 Å². The summed E-state index contributed by atoms with van der Waals surface area (Å²) >= 11 is 0. The van der Waals surface area contributed by atoms with E-state index >= 15 is 0 Å². The molecule has 8 nitrogen and oxygen atoms in total. The zero-order chi connectivity index (χ0) is 23.4. The number of benzene rings is 1. The minimum Gasteiger partial charge on any atom is -0.465 e. The van der Waals surface area contributed by atoms with Crippen molar-refractivity contribution in [3.63, 3.8) is 0 Å². The summed E-state index contributed by atoms with van der Waals surface area (Å²) in [6.45, 7) is 2.85. The molecule has 0 spiro atoms. The van der Waals surface area contributed by atoms with E-state index in [0.29, 0.717) is 45.2 Å². The molecule has 33 heavy (non-hydrogen) atoms. The van der Waals surface area contributed by atoms with Crippen molar-refractivity contribution in [2.75, 3.05) is 46.5 Å². The number of carbonyl (C=O) groups is 2. The van der Waals surface area contributed by atoms with Gasteiger partial charge in [0.25, 0.3) is 0 Å². The molecule has 1 aromatic rings. The first-order valence-corrected chi connectivity index (χ1v) is 13.5. The van der Waals surface area contributed by atoms with Gasteiger partial charge in [0.2, 0.25) is 0 Å². The summed E-state index contributed by atoms with van der Waals surface area (Å²) in [5, 5.41) is -0.698. The van der Waals surface area contributed by atoms with Gasteiger partial charge in [-0.2, -0.15) is 0 Å². The van der Waals surface area contributed by atoms with E-state index in [4.69, 9.17) is 9.47 Å². The average molecular weight is 479 g/mol. The first-order valence-electron chi connectivity index (χ1n) is 11.9. The number of nitrogens with zero attached hydrogens (tertiary/aromatic N) is 2. The van der Waals surface area contributed by atoms with Crippen LogP contribution in [0.2, 0.25) is 0 Å². The van der Waals surface area contributed by atoms with Crippen LogP contribution >= 0.6 is 0 Å². The van der Waals surface area contributed by atoms with Gasteiger partial charge in [-0.05, 0) is 36.5 Å². The zero-order valence-corrected chi connectivity index (χ0v) is 20.1. The Morgan fingerprint density at radius 3 is 2.42 bits per heavy atom. The number of hydrogen-bond donors (Lipinski definition) is 0. The van der Waals surface area contributed by atoms with E-state index in [1.54, 1.807) is 21.9 Å². The third kappa shape index (κ3) is 5.35. The maximum Gasteiger partial charge on any atom is 0.337 e. The number of methoxy groups -OCH3 is 1. The maximum absolute atomic E-state index is 13.7. The van der Waals surface area contributed by atoms with Crippen molar-refractivity contribution in [1.29, 1.82) is 0 Å². The van der Waals surface area contributed by atoms with Gasteiger partial charge in [0, 0.05) is 26.2 Å². The predicted octanol–water partition coefficient (Wildman–Crippen LogP) is 2.97. The van der Waals surface area contributed by atoms with Crippen LogP contribution in [0, 0.1) is 11.8 Å². The standard InChI is InChI=1S/C24H34N2O6S/c1-31-23(27)19-8-5-9-21(14-19)33(29,30)22-15-20(18-6-3-2-4-7-18)16-26(17-22)24(28)25-10-12-32-13-11-25/h5,8-9,14,18,20,22H,2-4,6-7,10-13,15-17H2,1H3/t20-,22+/m0/s1. The molecule has 0 unspecified atom stereocenters. The highest BCUT2D eigenvalue weighted by atomic mass is 32.2. The van der Waals surface area contributed by atoms with Gasteiger partial charge >= 0.3 is 12.0 Å². The molecule has 1 saturated carbocycles. The summed E-state index contributed by atoms with van der Waals surface area (Å²) in [6, 6.07) is 5.93. The minimum absolute atomic E-state index is 0.0951. The number of hydrogen-bond acceptors (Lipinski definition) is 6. The van der Waals surface area contributed by atoms with Crippen molar-refractivity contribution in [2.24, 2.45) is 11.8 Å². The molecule has 0 N–H and O–H groups in total. The summed E-state index contributed by atoms with van der Waals surface area (Å²) in [5.41, 5.74) is 0.208. The van der Waals surface area contributed by atoms with Gasteiger partial charge < -0.3 is 19.3 Å². The molecule has 1 aliphatic carbocycles. The van der Waals surface area contributed by atoms with Crippen molar-refractivity contribution >= 4 is 21.8 Å². The first-order chi connectivity index (χ1) is 15.9. The normalized spacial score (nSPS) is 25.0. The van der Waals surface area contributed by atoms with E-state index in [-0.39, 0.29) is 29.0 Å². The number of morpholine rings is 1. The van der Waals surface area contributed by atoms with Gasteiger partial charge in [0.05, 0.1) is 36.0 Å². The minimum atomic E-state index is -3.74. The summed E-state index contributed by atoms with van der Waals surface area (Å²) in [6.07, 6.45) is 6.28. The number of esters is 1. The van der Waals surface area contributed by atoms with Crippen LogP contribution in [0.5, 0.6) is 0 Å². The van der Waals surface area contributed by atoms with Gasteiger partial charge in [-0.3, -0.25) is 0 Å². The fourth-order valence-electron chi connectivity index (χ4n) is 5.48. The molecule has 9 heteroatoms. The second-order valence-corrected chi connectivity index (χ2v) is 11.6. The van der Waals surface area contributed by atoms with Crippen LogP contribution in [-0.2, 0) is 19.3 Å². The van der Waals surface area contributed by atoms with Gasteiger partial charge in [-0.1, -0.05) is 38.2 Å². The molecule has 3 fully saturated rings. The van der Waals surface area contributed by atoms with Crippen molar-refractivity contribution in [2.45, 2.75) is 48.7 Å². The number of likely N-dealkylation sites (tertiary alicyclic amines) is 1. The fourth-order valence-corrected chi connectivity index (χ4v) is 7.30. The largest absolute Gasteiger partial charge is 0.465 e. The Kier molecular flexibility index (Phi) is 7.58. The SMILES string of the molecule is COC(=O)c1cccc(S(=O)(=O)[C@@H]2C[C@H](C3CCCCC3)CN(C(=O)N3CCOCC3)C2)c1. The molecule has 0 aromatic heterocycles. The van der Waals surface area contributed by atoms with Gasteiger partial charge in [0.1, 0.15) is 0 Å². The summed E-state index contributed by atoms with van der Waals surface area (Å²) < 4.78 is 37.5. The molecule has 2 amide bonds. The van der Waals surface area contributed by atoms with Gasteiger partial charge in [0.15, 0.2) is 9.84 Å². The average Bonchev–Trinajstić information content (AvgIpc) is 2.88. The van der Waals surface area contributed by atoms with E-state index in [1.807, 2.05) is 0 Å². The second kappa shape index (κ2) is 10.4. The highest BCUT2D eigenvalue weighted by Crippen LogP contribution is 2.38. The van der Waals surface area contributed by atoms with Crippen LogP contribution in [0.3, 0.4) is 0 Å². The lowest BCUT2D eigenvalue weighted by Crippen LogP contribution is -2.55. The van der Waals surface area contributed by atoms with Crippen molar-refractivity contribution in [1.82, 2.24) is 9.80 Å². The highest BCUT2D eigenvalue weighted by Gasteiger charge is 2.41. The predicted molar refractivity (Wildman–Crippen MR) is 123 cm³/mol. The van der Waals surface area contributed by atoms with E-state index < -0.39 is 21.1 Å². The fraction of sp³-hybridized carbons (Fsp3) is 0.667. The smallest absolute Gasteiger partial charge is 0.337 e. The molecule has 2 heterocycles. The lowest BCUT2D eigenvalue weighted by atomic mass is 9.76. The van der Waals surface area contributed by atoms with Crippen LogP contribution in [-0.4, -0.2) is 82.0 Å². The van der Waals surface area contributed by atoms with E-state index in [0.717, 1.165) is 25.7 Å². The summed E-state index contributed by atoms with van der Waals surface area (Å²) in [4.78, 5) is 28.9. The van der Waals surface area contributed by atoms with Crippen molar-refractivity contribution < 1.29 is 27.5 Å². The number of ether oxygens (including phenoxy) is 2. The molecule has 182 valence electrons. The quantitative estimate of drug-likeness (QED) is 0.618. The van der Waals surface area contributed by atoms with Crippen molar-refractivity contribution in [3.05, 3.63) is 29.8 Å². The summed E-state index contributed by atoms with van der Waals surface area (Å²) in [7, 11) is -2.47.